The Morgan fingerprint density at radius 2 is 1.42 bits per heavy atom. The van der Waals surface area contributed by atoms with Crippen molar-refractivity contribution in [2.45, 2.75) is 0 Å². The van der Waals surface area contributed by atoms with E-state index in [9.17, 15) is 0 Å². The van der Waals surface area contributed by atoms with Crippen LogP contribution in [0, 0.1) is 0 Å². The molecular formula is C5H3N7. The monoisotopic (exact) mass is 161 g/mol. The first-order valence-corrected chi connectivity index (χ1v) is 3.09. The summed E-state index contributed by atoms with van der Waals surface area (Å²) in [4.78, 5) is 11.3. The zero-order chi connectivity index (χ0) is 8.23. The molecule has 0 spiro atoms. The van der Waals surface area contributed by atoms with E-state index in [4.69, 9.17) is 0 Å². The van der Waals surface area contributed by atoms with Gasteiger partial charge in [-0.25, -0.2) is 15.0 Å². The average molecular weight is 161 g/mol. The Kier molecular flexibility index (Phi) is 1.61. The lowest BCUT2D eigenvalue weighted by Gasteiger charge is -1.91. The number of nitrogens with zero attached hydrogens (tertiary/aromatic N) is 7. The predicted octanol–water partition coefficient (Wildman–Crippen LogP) is -0.881. The van der Waals surface area contributed by atoms with E-state index in [2.05, 4.69) is 35.3 Å². The molecule has 0 atom stereocenters. The molecule has 7 heteroatoms. The lowest BCUT2D eigenvalue weighted by molar-refractivity contribution is 0.847. The van der Waals surface area contributed by atoms with Gasteiger partial charge in [-0.2, -0.15) is 0 Å². The van der Waals surface area contributed by atoms with Crippen molar-refractivity contribution in [2.24, 2.45) is 0 Å². The number of aromatic nitrogens is 7. The van der Waals surface area contributed by atoms with Gasteiger partial charge in [0.05, 0.1) is 0 Å². The molecule has 0 aliphatic carbocycles. The molecular weight excluding hydrogens is 158 g/mol. The highest BCUT2D eigenvalue weighted by atomic mass is 15.3. The molecule has 0 saturated carbocycles. The summed E-state index contributed by atoms with van der Waals surface area (Å²) in [6.07, 6.45) is 3.96. The predicted molar refractivity (Wildman–Crippen MR) is 36.4 cm³/mol. The lowest BCUT2D eigenvalue weighted by Crippen LogP contribution is -1.97. The molecule has 0 bridgehead atoms. The van der Waals surface area contributed by atoms with Crippen molar-refractivity contribution in [1.29, 1.82) is 0 Å². The molecule has 0 amide bonds. The molecule has 2 aromatic heterocycles. The zero-order valence-electron chi connectivity index (χ0n) is 5.86. The Morgan fingerprint density at radius 3 is 2.08 bits per heavy atom. The van der Waals surface area contributed by atoms with E-state index in [1.807, 2.05) is 0 Å². The van der Waals surface area contributed by atoms with Gasteiger partial charge in [-0.15, -0.1) is 20.4 Å². The summed E-state index contributed by atoms with van der Waals surface area (Å²) in [7, 11) is 0. The molecule has 12 heavy (non-hydrogen) atoms. The molecule has 0 saturated heterocycles. The fourth-order valence-corrected chi connectivity index (χ4v) is 0.648. The summed E-state index contributed by atoms with van der Waals surface area (Å²) in [5.41, 5.74) is 0. The number of rotatable bonds is 1. The SMILES string of the molecule is c1nnc(-c2ncncn2)nn1. The lowest BCUT2D eigenvalue weighted by atomic mass is 10.6. The third kappa shape index (κ3) is 1.19. The highest BCUT2D eigenvalue weighted by molar-refractivity contribution is 5.38. The smallest absolute Gasteiger partial charge is 0.225 e. The molecule has 0 aromatic carbocycles. The molecule has 0 fully saturated rings. The largest absolute Gasteiger partial charge is 0.240 e. The van der Waals surface area contributed by atoms with Gasteiger partial charge in [-0.1, -0.05) is 0 Å². The summed E-state index contributed by atoms with van der Waals surface area (Å²) < 4.78 is 0. The van der Waals surface area contributed by atoms with Crippen molar-refractivity contribution in [3.05, 3.63) is 19.0 Å². The van der Waals surface area contributed by atoms with Crippen molar-refractivity contribution in [3.8, 4) is 11.6 Å². The van der Waals surface area contributed by atoms with E-state index in [1.165, 1.54) is 19.0 Å². The minimum atomic E-state index is 0.292. The van der Waals surface area contributed by atoms with Gasteiger partial charge in [0.25, 0.3) is 0 Å². The van der Waals surface area contributed by atoms with Gasteiger partial charge in [0.1, 0.15) is 12.7 Å². The number of hydrogen-bond donors (Lipinski definition) is 0. The minimum absolute atomic E-state index is 0.292. The maximum Gasteiger partial charge on any atom is 0.240 e. The van der Waals surface area contributed by atoms with Crippen molar-refractivity contribution in [1.82, 2.24) is 35.3 Å². The maximum absolute atomic E-state index is 3.82. The fraction of sp³-hybridized carbons (Fsp3) is 0. The van der Waals surface area contributed by atoms with Gasteiger partial charge in [-0.3, -0.25) is 0 Å². The molecule has 2 rings (SSSR count). The molecule has 0 unspecified atom stereocenters. The summed E-state index contributed by atoms with van der Waals surface area (Å²) in [6.45, 7) is 0. The Balaban J connectivity index is 2.46. The van der Waals surface area contributed by atoms with Crippen LogP contribution >= 0.6 is 0 Å². The van der Waals surface area contributed by atoms with E-state index in [1.54, 1.807) is 0 Å². The second-order valence-electron chi connectivity index (χ2n) is 1.83. The van der Waals surface area contributed by atoms with Crippen LogP contribution in [0.4, 0.5) is 0 Å². The highest BCUT2D eigenvalue weighted by Crippen LogP contribution is 2.00. The maximum atomic E-state index is 3.82. The van der Waals surface area contributed by atoms with E-state index < -0.39 is 0 Å². The molecule has 2 heterocycles. The van der Waals surface area contributed by atoms with Gasteiger partial charge in [-0.05, 0) is 0 Å². The summed E-state index contributed by atoms with van der Waals surface area (Å²) in [5.74, 6) is 0.658. The standard InChI is InChI=1S/C5H3N7/c1-6-2-8-4(7-1)5-11-9-3-10-12-5/h1-3H. The Hall–Kier alpha value is -2.05. The van der Waals surface area contributed by atoms with E-state index in [-0.39, 0.29) is 0 Å². The van der Waals surface area contributed by atoms with Gasteiger partial charge < -0.3 is 0 Å². The quantitative estimate of drug-likeness (QED) is 0.536. The first-order valence-electron chi connectivity index (χ1n) is 3.09. The highest BCUT2D eigenvalue weighted by Gasteiger charge is 2.02. The second kappa shape index (κ2) is 2.91. The van der Waals surface area contributed by atoms with Crippen LogP contribution < -0.4 is 0 Å². The second-order valence-corrected chi connectivity index (χ2v) is 1.83. The minimum Gasteiger partial charge on any atom is -0.225 e. The molecule has 0 N–H and O–H groups in total. The van der Waals surface area contributed by atoms with Gasteiger partial charge in [0, 0.05) is 0 Å². The molecule has 0 aliphatic heterocycles. The van der Waals surface area contributed by atoms with E-state index >= 15 is 0 Å². The van der Waals surface area contributed by atoms with Crippen LogP contribution in [0.5, 0.6) is 0 Å². The van der Waals surface area contributed by atoms with E-state index in [0.29, 0.717) is 11.6 Å². The van der Waals surface area contributed by atoms with Crippen LogP contribution in [-0.4, -0.2) is 35.3 Å². The van der Waals surface area contributed by atoms with Gasteiger partial charge in [0.2, 0.25) is 11.6 Å². The first kappa shape index (κ1) is 6.65. The first-order chi connectivity index (χ1) is 5.97. The van der Waals surface area contributed by atoms with Crippen molar-refractivity contribution in [3.63, 3.8) is 0 Å². The third-order valence-electron chi connectivity index (χ3n) is 1.10. The molecule has 0 aliphatic rings. The molecule has 2 aromatic rings. The van der Waals surface area contributed by atoms with Crippen LogP contribution in [0.2, 0.25) is 0 Å². The fourth-order valence-electron chi connectivity index (χ4n) is 0.648. The Morgan fingerprint density at radius 1 is 0.750 bits per heavy atom. The Labute approximate surface area is 67.0 Å². The van der Waals surface area contributed by atoms with Crippen LogP contribution in [0.25, 0.3) is 11.6 Å². The molecule has 58 valence electrons. The average Bonchev–Trinajstić information content (AvgIpc) is 2.21. The normalized spacial score (nSPS) is 9.67. The summed E-state index contributed by atoms with van der Waals surface area (Å²) in [5, 5.41) is 14.4. The third-order valence-corrected chi connectivity index (χ3v) is 1.10. The summed E-state index contributed by atoms with van der Waals surface area (Å²) in [6, 6.07) is 0. The Bertz CT molecular complexity index is 309. The van der Waals surface area contributed by atoms with Crippen molar-refractivity contribution in [2.75, 3.05) is 0 Å². The molecule has 0 radical (unpaired) electrons. The van der Waals surface area contributed by atoms with Crippen LogP contribution in [0.1, 0.15) is 0 Å². The number of hydrogen-bond acceptors (Lipinski definition) is 7. The van der Waals surface area contributed by atoms with E-state index in [0.717, 1.165) is 0 Å². The van der Waals surface area contributed by atoms with Gasteiger partial charge in [0.15, 0.2) is 6.33 Å². The molecule has 7 nitrogen and oxygen atoms in total. The van der Waals surface area contributed by atoms with Crippen molar-refractivity contribution >= 4 is 0 Å². The van der Waals surface area contributed by atoms with Crippen LogP contribution in [-0.2, 0) is 0 Å². The van der Waals surface area contributed by atoms with Crippen molar-refractivity contribution < 1.29 is 0 Å². The van der Waals surface area contributed by atoms with Crippen LogP contribution in [0.3, 0.4) is 0 Å². The van der Waals surface area contributed by atoms with Crippen LogP contribution in [0.15, 0.2) is 19.0 Å². The van der Waals surface area contributed by atoms with Gasteiger partial charge >= 0.3 is 0 Å². The topological polar surface area (TPSA) is 90.2 Å². The summed E-state index contributed by atoms with van der Waals surface area (Å²) >= 11 is 0. The zero-order valence-corrected chi connectivity index (χ0v) is 5.86.